The second-order valence-corrected chi connectivity index (χ2v) is 5.26. The lowest BCUT2D eigenvalue weighted by Crippen LogP contribution is -2.18. The number of hydrogen-bond donors (Lipinski definition) is 1. The minimum Gasteiger partial charge on any atom is -0.374 e. The lowest BCUT2D eigenvalue weighted by Gasteiger charge is -2.15. The molecule has 0 saturated heterocycles. The summed E-state index contributed by atoms with van der Waals surface area (Å²) in [6, 6.07) is 4.07. The lowest BCUT2D eigenvalue weighted by molar-refractivity contribution is 0.315. The fraction of sp³-hybridized carbons (Fsp3) is 0.462. The SMILES string of the molecule is CCCNc1snnc1CN(C)Cc1ccncc1. The van der Waals surface area contributed by atoms with Gasteiger partial charge in [0, 0.05) is 43.6 Å². The molecule has 0 saturated carbocycles. The van der Waals surface area contributed by atoms with Crippen LogP contribution in [-0.2, 0) is 13.1 Å². The summed E-state index contributed by atoms with van der Waals surface area (Å²) in [7, 11) is 2.09. The van der Waals surface area contributed by atoms with Crippen molar-refractivity contribution in [3.63, 3.8) is 0 Å². The molecule has 6 heteroatoms. The normalized spacial score (nSPS) is 10.9. The summed E-state index contributed by atoms with van der Waals surface area (Å²) in [4.78, 5) is 6.25. The predicted molar refractivity (Wildman–Crippen MR) is 78.1 cm³/mol. The van der Waals surface area contributed by atoms with Crippen LogP contribution in [0.4, 0.5) is 5.00 Å². The van der Waals surface area contributed by atoms with Gasteiger partial charge in [0.2, 0.25) is 0 Å². The van der Waals surface area contributed by atoms with E-state index >= 15 is 0 Å². The molecule has 2 rings (SSSR count). The van der Waals surface area contributed by atoms with Crippen LogP contribution in [0, 0.1) is 0 Å². The molecule has 0 aromatic carbocycles. The van der Waals surface area contributed by atoms with E-state index in [-0.39, 0.29) is 0 Å². The van der Waals surface area contributed by atoms with Crippen LogP contribution in [0.1, 0.15) is 24.6 Å². The Labute approximate surface area is 117 Å². The highest BCUT2D eigenvalue weighted by molar-refractivity contribution is 7.10. The van der Waals surface area contributed by atoms with Gasteiger partial charge in [-0.25, -0.2) is 0 Å². The van der Waals surface area contributed by atoms with Crippen molar-refractivity contribution in [1.29, 1.82) is 0 Å². The molecule has 19 heavy (non-hydrogen) atoms. The molecule has 2 aromatic rings. The third-order valence-corrected chi connectivity index (χ3v) is 3.44. The van der Waals surface area contributed by atoms with Gasteiger partial charge in [0.25, 0.3) is 0 Å². The van der Waals surface area contributed by atoms with Gasteiger partial charge in [-0.05, 0) is 31.2 Å². The fourth-order valence-electron chi connectivity index (χ4n) is 1.80. The van der Waals surface area contributed by atoms with E-state index in [1.165, 1.54) is 17.1 Å². The van der Waals surface area contributed by atoms with E-state index in [4.69, 9.17) is 0 Å². The van der Waals surface area contributed by atoms with Crippen LogP contribution >= 0.6 is 11.5 Å². The summed E-state index contributed by atoms with van der Waals surface area (Å²) < 4.78 is 4.03. The number of nitrogens with one attached hydrogen (secondary N) is 1. The van der Waals surface area contributed by atoms with Crippen LogP contribution in [0.3, 0.4) is 0 Å². The van der Waals surface area contributed by atoms with Gasteiger partial charge in [-0.3, -0.25) is 9.88 Å². The van der Waals surface area contributed by atoms with Gasteiger partial charge in [0.1, 0.15) is 10.7 Å². The van der Waals surface area contributed by atoms with Crippen LogP contribution in [0.15, 0.2) is 24.5 Å². The molecule has 0 aliphatic carbocycles. The summed E-state index contributed by atoms with van der Waals surface area (Å²) in [5.74, 6) is 0. The molecule has 2 heterocycles. The Kier molecular flexibility index (Phi) is 5.23. The molecule has 0 unspecified atom stereocenters. The molecular weight excluding hydrogens is 258 g/mol. The zero-order chi connectivity index (χ0) is 13.5. The van der Waals surface area contributed by atoms with Gasteiger partial charge < -0.3 is 5.32 Å². The second-order valence-electron chi connectivity index (χ2n) is 4.50. The molecule has 0 atom stereocenters. The Morgan fingerprint density at radius 3 is 2.79 bits per heavy atom. The van der Waals surface area contributed by atoms with Crippen LogP contribution < -0.4 is 5.32 Å². The van der Waals surface area contributed by atoms with E-state index in [1.807, 2.05) is 24.5 Å². The van der Waals surface area contributed by atoms with Crippen LogP contribution in [0.25, 0.3) is 0 Å². The maximum atomic E-state index is 4.20. The Bertz CT molecular complexity index is 485. The fourth-order valence-corrected chi connectivity index (χ4v) is 2.39. The molecule has 5 nitrogen and oxygen atoms in total. The Hall–Kier alpha value is -1.53. The van der Waals surface area contributed by atoms with E-state index in [0.717, 1.165) is 36.8 Å². The minimum absolute atomic E-state index is 0.796. The largest absolute Gasteiger partial charge is 0.374 e. The smallest absolute Gasteiger partial charge is 0.134 e. The Morgan fingerprint density at radius 1 is 1.26 bits per heavy atom. The standard InChI is InChI=1S/C13H19N5S/c1-3-6-15-13-12(16-17-19-13)10-18(2)9-11-4-7-14-8-5-11/h4-5,7-8,15H,3,6,9-10H2,1-2H3. The number of nitrogens with zero attached hydrogens (tertiary/aromatic N) is 4. The van der Waals surface area contributed by atoms with Crippen molar-refractivity contribution in [3.05, 3.63) is 35.8 Å². The number of pyridine rings is 1. The molecule has 102 valence electrons. The zero-order valence-electron chi connectivity index (χ0n) is 11.3. The molecule has 0 amide bonds. The number of aromatic nitrogens is 3. The lowest BCUT2D eigenvalue weighted by atomic mass is 10.2. The van der Waals surface area contributed by atoms with Gasteiger partial charge in [-0.15, -0.1) is 5.10 Å². The van der Waals surface area contributed by atoms with Crippen molar-refractivity contribution in [2.24, 2.45) is 0 Å². The number of rotatable bonds is 7. The van der Waals surface area contributed by atoms with Crippen LogP contribution in [0.5, 0.6) is 0 Å². The molecule has 0 spiro atoms. The molecule has 2 aromatic heterocycles. The Morgan fingerprint density at radius 2 is 2.05 bits per heavy atom. The Balaban J connectivity index is 1.91. The summed E-state index contributed by atoms with van der Waals surface area (Å²) >= 11 is 1.43. The van der Waals surface area contributed by atoms with Crippen LogP contribution in [0.2, 0.25) is 0 Å². The average molecular weight is 277 g/mol. The maximum absolute atomic E-state index is 4.20. The van der Waals surface area contributed by atoms with Crippen molar-refractivity contribution in [1.82, 2.24) is 19.5 Å². The van der Waals surface area contributed by atoms with E-state index in [1.54, 1.807) is 0 Å². The van der Waals surface area contributed by atoms with Crippen molar-refractivity contribution >= 4 is 16.5 Å². The number of anilines is 1. The maximum Gasteiger partial charge on any atom is 0.134 e. The van der Waals surface area contributed by atoms with Crippen molar-refractivity contribution in [3.8, 4) is 0 Å². The monoisotopic (exact) mass is 277 g/mol. The first-order valence-electron chi connectivity index (χ1n) is 6.42. The first-order chi connectivity index (χ1) is 9.29. The van der Waals surface area contributed by atoms with Gasteiger partial charge in [-0.2, -0.15) is 0 Å². The van der Waals surface area contributed by atoms with Gasteiger partial charge in [0.15, 0.2) is 0 Å². The number of hydrogen-bond acceptors (Lipinski definition) is 6. The third kappa shape index (κ3) is 4.25. The first kappa shape index (κ1) is 13.9. The van der Waals surface area contributed by atoms with E-state index in [0.29, 0.717) is 0 Å². The first-order valence-corrected chi connectivity index (χ1v) is 7.19. The quantitative estimate of drug-likeness (QED) is 0.842. The molecule has 1 N–H and O–H groups in total. The van der Waals surface area contributed by atoms with Crippen LogP contribution in [-0.4, -0.2) is 33.1 Å². The van der Waals surface area contributed by atoms with E-state index < -0.39 is 0 Å². The third-order valence-electron chi connectivity index (χ3n) is 2.71. The summed E-state index contributed by atoms with van der Waals surface area (Å²) in [6.07, 6.45) is 4.74. The highest BCUT2D eigenvalue weighted by Crippen LogP contribution is 2.19. The van der Waals surface area contributed by atoms with Crippen molar-refractivity contribution < 1.29 is 0 Å². The van der Waals surface area contributed by atoms with Crippen molar-refractivity contribution in [2.75, 3.05) is 18.9 Å². The summed E-state index contributed by atoms with van der Waals surface area (Å²) in [5, 5.41) is 8.66. The second kappa shape index (κ2) is 7.16. The van der Waals surface area contributed by atoms with E-state index in [9.17, 15) is 0 Å². The van der Waals surface area contributed by atoms with E-state index in [2.05, 4.69) is 38.8 Å². The highest BCUT2D eigenvalue weighted by atomic mass is 32.1. The summed E-state index contributed by atoms with van der Waals surface area (Å²) in [6.45, 7) is 4.79. The molecular formula is C13H19N5S. The molecule has 0 aliphatic heterocycles. The van der Waals surface area contributed by atoms with Gasteiger partial charge in [0.05, 0.1) is 0 Å². The minimum atomic E-state index is 0.796. The zero-order valence-corrected chi connectivity index (χ0v) is 12.2. The van der Waals surface area contributed by atoms with Crippen molar-refractivity contribution in [2.45, 2.75) is 26.4 Å². The molecule has 0 aliphatic rings. The average Bonchev–Trinajstić information content (AvgIpc) is 2.84. The van der Waals surface area contributed by atoms with Gasteiger partial charge >= 0.3 is 0 Å². The molecule has 0 radical (unpaired) electrons. The molecule has 0 bridgehead atoms. The summed E-state index contributed by atoms with van der Waals surface area (Å²) in [5.41, 5.74) is 2.28. The van der Waals surface area contributed by atoms with Gasteiger partial charge in [-0.1, -0.05) is 11.4 Å². The predicted octanol–water partition coefficient (Wildman–Crippen LogP) is 2.39. The molecule has 0 fully saturated rings. The highest BCUT2D eigenvalue weighted by Gasteiger charge is 2.10. The topological polar surface area (TPSA) is 53.9 Å².